The lowest BCUT2D eigenvalue weighted by molar-refractivity contribution is 0.379. The van der Waals surface area contributed by atoms with E-state index in [4.69, 9.17) is 20.9 Å². The molecule has 0 heterocycles. The lowest BCUT2D eigenvalue weighted by atomic mass is 10.2. The summed E-state index contributed by atoms with van der Waals surface area (Å²) in [7, 11) is 1.58. The number of ether oxygens (including phenoxy) is 2. The van der Waals surface area contributed by atoms with Crippen molar-refractivity contribution in [2.24, 2.45) is 0 Å². The van der Waals surface area contributed by atoms with Gasteiger partial charge in [-0.3, -0.25) is 0 Å². The normalized spacial score (nSPS) is 9.94. The van der Waals surface area contributed by atoms with Gasteiger partial charge in [0.25, 0.3) is 0 Å². The van der Waals surface area contributed by atoms with Crippen molar-refractivity contribution in [3.05, 3.63) is 42.5 Å². The van der Waals surface area contributed by atoms with Gasteiger partial charge in [0, 0.05) is 17.4 Å². The number of methoxy groups -OCH3 is 1. The van der Waals surface area contributed by atoms with E-state index in [1.807, 2.05) is 0 Å². The molecular weight excluding hydrogens is 216 g/mol. The summed E-state index contributed by atoms with van der Waals surface area (Å²) in [6.45, 7) is 0. The molecule has 0 saturated carbocycles. The van der Waals surface area contributed by atoms with Gasteiger partial charge in [0.1, 0.15) is 5.75 Å². The van der Waals surface area contributed by atoms with E-state index in [1.165, 1.54) is 0 Å². The minimum atomic E-state index is 0.581. The predicted molar refractivity (Wildman–Crippen MR) is 68.3 cm³/mol. The van der Waals surface area contributed by atoms with Gasteiger partial charge in [-0.25, -0.2) is 0 Å². The second-order valence-corrected chi connectivity index (χ2v) is 3.58. The van der Waals surface area contributed by atoms with Gasteiger partial charge < -0.3 is 20.9 Å². The smallest absolute Gasteiger partial charge is 0.171 e. The Kier molecular flexibility index (Phi) is 3.05. The summed E-state index contributed by atoms with van der Waals surface area (Å²) in [5, 5.41) is 0. The van der Waals surface area contributed by atoms with Crippen molar-refractivity contribution in [3.63, 3.8) is 0 Å². The fourth-order valence-electron chi connectivity index (χ4n) is 1.44. The first-order chi connectivity index (χ1) is 8.19. The first kappa shape index (κ1) is 11.1. The molecule has 0 aromatic heterocycles. The molecule has 0 radical (unpaired) electrons. The summed E-state index contributed by atoms with van der Waals surface area (Å²) < 4.78 is 10.9. The SMILES string of the molecule is COc1ccc(N)cc1Oc1ccc(N)cc1. The Morgan fingerprint density at radius 3 is 2.12 bits per heavy atom. The minimum Gasteiger partial charge on any atom is -0.493 e. The molecule has 0 spiro atoms. The van der Waals surface area contributed by atoms with Crippen molar-refractivity contribution >= 4 is 11.4 Å². The Bertz CT molecular complexity index is 509. The lowest BCUT2D eigenvalue weighted by Gasteiger charge is -2.10. The molecule has 4 N–H and O–H groups in total. The van der Waals surface area contributed by atoms with E-state index in [1.54, 1.807) is 49.6 Å². The zero-order valence-corrected chi connectivity index (χ0v) is 9.51. The highest BCUT2D eigenvalue weighted by molar-refractivity contribution is 5.53. The fourth-order valence-corrected chi connectivity index (χ4v) is 1.44. The van der Waals surface area contributed by atoms with Crippen molar-refractivity contribution in [2.45, 2.75) is 0 Å². The van der Waals surface area contributed by atoms with Crippen LogP contribution in [0.25, 0.3) is 0 Å². The first-order valence-corrected chi connectivity index (χ1v) is 5.16. The van der Waals surface area contributed by atoms with Gasteiger partial charge in [0.2, 0.25) is 0 Å². The Balaban J connectivity index is 2.28. The number of rotatable bonds is 3. The highest BCUT2D eigenvalue weighted by Gasteiger charge is 2.05. The molecule has 0 fully saturated rings. The molecule has 0 amide bonds. The van der Waals surface area contributed by atoms with Crippen LogP contribution in [0.4, 0.5) is 11.4 Å². The van der Waals surface area contributed by atoms with Gasteiger partial charge >= 0.3 is 0 Å². The summed E-state index contributed by atoms with van der Waals surface area (Å²) in [5.74, 6) is 1.90. The standard InChI is InChI=1S/C13H14N2O2/c1-16-12-7-4-10(15)8-13(12)17-11-5-2-9(14)3-6-11/h2-8H,14-15H2,1H3. The van der Waals surface area contributed by atoms with E-state index in [9.17, 15) is 0 Å². The highest BCUT2D eigenvalue weighted by Crippen LogP contribution is 2.33. The molecule has 2 aromatic carbocycles. The summed E-state index contributed by atoms with van der Waals surface area (Å²) in [4.78, 5) is 0. The van der Waals surface area contributed by atoms with Gasteiger partial charge in [-0.1, -0.05) is 0 Å². The van der Waals surface area contributed by atoms with E-state index in [2.05, 4.69) is 0 Å². The highest BCUT2D eigenvalue weighted by atomic mass is 16.5. The monoisotopic (exact) mass is 230 g/mol. The lowest BCUT2D eigenvalue weighted by Crippen LogP contribution is -1.93. The quantitative estimate of drug-likeness (QED) is 0.795. The third-order valence-corrected chi connectivity index (χ3v) is 2.30. The number of benzene rings is 2. The number of hydrogen-bond donors (Lipinski definition) is 2. The Morgan fingerprint density at radius 1 is 0.824 bits per heavy atom. The van der Waals surface area contributed by atoms with Crippen molar-refractivity contribution in [1.82, 2.24) is 0 Å². The van der Waals surface area contributed by atoms with Crippen molar-refractivity contribution in [1.29, 1.82) is 0 Å². The van der Waals surface area contributed by atoms with Gasteiger partial charge in [0.15, 0.2) is 11.5 Å². The fraction of sp³-hybridized carbons (Fsp3) is 0.0769. The summed E-state index contributed by atoms with van der Waals surface area (Å²) in [5.41, 5.74) is 12.6. The molecule has 2 aromatic rings. The molecular formula is C13H14N2O2. The largest absolute Gasteiger partial charge is 0.493 e. The first-order valence-electron chi connectivity index (χ1n) is 5.16. The summed E-state index contributed by atoms with van der Waals surface area (Å²) in [6.07, 6.45) is 0. The van der Waals surface area contributed by atoms with Gasteiger partial charge in [-0.15, -0.1) is 0 Å². The third-order valence-electron chi connectivity index (χ3n) is 2.30. The molecule has 88 valence electrons. The third kappa shape index (κ3) is 2.60. The van der Waals surface area contributed by atoms with Crippen LogP contribution < -0.4 is 20.9 Å². The molecule has 4 heteroatoms. The molecule has 0 bridgehead atoms. The summed E-state index contributed by atoms with van der Waals surface area (Å²) in [6, 6.07) is 12.4. The van der Waals surface area contributed by atoms with Gasteiger partial charge in [-0.2, -0.15) is 0 Å². The number of nitrogen functional groups attached to an aromatic ring is 2. The topological polar surface area (TPSA) is 70.5 Å². The molecule has 0 saturated heterocycles. The van der Waals surface area contributed by atoms with Gasteiger partial charge in [0.05, 0.1) is 7.11 Å². The zero-order chi connectivity index (χ0) is 12.3. The average molecular weight is 230 g/mol. The molecule has 0 aliphatic rings. The van der Waals surface area contributed by atoms with Crippen LogP contribution in [0.5, 0.6) is 17.2 Å². The van der Waals surface area contributed by atoms with E-state index in [0.717, 1.165) is 0 Å². The maximum absolute atomic E-state index is 5.70. The van der Waals surface area contributed by atoms with Crippen molar-refractivity contribution in [2.75, 3.05) is 18.6 Å². The zero-order valence-electron chi connectivity index (χ0n) is 9.51. The molecule has 0 atom stereocenters. The average Bonchev–Trinajstić information content (AvgIpc) is 2.32. The molecule has 4 nitrogen and oxygen atoms in total. The van der Waals surface area contributed by atoms with Crippen LogP contribution in [0.1, 0.15) is 0 Å². The van der Waals surface area contributed by atoms with E-state index < -0.39 is 0 Å². The van der Waals surface area contributed by atoms with Crippen molar-refractivity contribution < 1.29 is 9.47 Å². The van der Waals surface area contributed by atoms with E-state index >= 15 is 0 Å². The molecule has 17 heavy (non-hydrogen) atoms. The van der Waals surface area contributed by atoms with Crippen LogP contribution in [0.15, 0.2) is 42.5 Å². The number of anilines is 2. The minimum absolute atomic E-state index is 0.581. The molecule has 0 aliphatic carbocycles. The Labute approximate surface area is 99.8 Å². The van der Waals surface area contributed by atoms with Crippen LogP contribution in [-0.4, -0.2) is 7.11 Å². The Morgan fingerprint density at radius 2 is 1.47 bits per heavy atom. The number of nitrogens with two attached hydrogens (primary N) is 2. The van der Waals surface area contributed by atoms with Crippen LogP contribution in [0.3, 0.4) is 0 Å². The number of hydrogen-bond acceptors (Lipinski definition) is 4. The van der Waals surface area contributed by atoms with E-state index in [-0.39, 0.29) is 0 Å². The Hall–Kier alpha value is -2.36. The maximum atomic E-state index is 5.70. The second kappa shape index (κ2) is 4.65. The van der Waals surface area contributed by atoms with Crippen LogP contribution >= 0.6 is 0 Å². The van der Waals surface area contributed by atoms with Gasteiger partial charge in [-0.05, 0) is 36.4 Å². The van der Waals surface area contributed by atoms with E-state index in [0.29, 0.717) is 28.6 Å². The second-order valence-electron chi connectivity index (χ2n) is 3.58. The predicted octanol–water partition coefficient (Wildman–Crippen LogP) is 2.65. The molecule has 0 unspecified atom stereocenters. The van der Waals surface area contributed by atoms with Crippen LogP contribution in [0.2, 0.25) is 0 Å². The van der Waals surface area contributed by atoms with Crippen LogP contribution in [0, 0.1) is 0 Å². The summed E-state index contributed by atoms with van der Waals surface area (Å²) >= 11 is 0. The van der Waals surface area contributed by atoms with Crippen LogP contribution in [-0.2, 0) is 0 Å². The molecule has 0 aliphatic heterocycles. The maximum Gasteiger partial charge on any atom is 0.171 e. The molecule has 2 rings (SSSR count). The van der Waals surface area contributed by atoms with Crippen molar-refractivity contribution in [3.8, 4) is 17.2 Å².